The Bertz CT molecular complexity index is 470. The van der Waals surface area contributed by atoms with E-state index in [2.05, 4.69) is 17.3 Å². The minimum atomic E-state index is 0.156. The van der Waals surface area contributed by atoms with Crippen LogP contribution in [0.4, 0.5) is 0 Å². The first-order chi connectivity index (χ1) is 9.22. The topological polar surface area (TPSA) is 50.2 Å². The first-order valence-electron chi connectivity index (χ1n) is 7.29. The minimum absolute atomic E-state index is 0.156. The van der Waals surface area contributed by atoms with Crippen LogP contribution in [0, 0.1) is 11.8 Å². The van der Waals surface area contributed by atoms with Crippen molar-refractivity contribution in [1.82, 2.24) is 20.0 Å². The van der Waals surface area contributed by atoms with Gasteiger partial charge in [0, 0.05) is 32.7 Å². The van der Waals surface area contributed by atoms with Gasteiger partial charge in [0.2, 0.25) is 0 Å². The van der Waals surface area contributed by atoms with Crippen LogP contribution >= 0.6 is 0 Å². The van der Waals surface area contributed by atoms with E-state index in [4.69, 9.17) is 0 Å². The molecule has 19 heavy (non-hydrogen) atoms. The van der Waals surface area contributed by atoms with Crippen LogP contribution in [-0.4, -0.2) is 46.8 Å². The number of nitrogens with one attached hydrogen (secondary N) is 1. The van der Waals surface area contributed by atoms with Gasteiger partial charge in [0.25, 0.3) is 5.91 Å². The predicted octanol–water partition coefficient (Wildman–Crippen LogP) is 0.757. The molecule has 1 aromatic heterocycles. The monoisotopic (exact) mass is 262 g/mol. The number of fused-ring (bicyclic) bond motifs is 1. The molecule has 0 saturated carbocycles. The molecular weight excluding hydrogens is 240 g/mol. The standard InChI is InChI=1S/C14H22N4O/c1-3-12-5-13(18(4-2)16-12)14(19)17-8-10-6-15-7-11(10)9-17/h5,10-11,15H,3-4,6-9H2,1-2H3/t10-,11+. The van der Waals surface area contributed by atoms with Gasteiger partial charge in [-0.2, -0.15) is 5.10 Å². The van der Waals surface area contributed by atoms with Crippen LogP contribution in [0.3, 0.4) is 0 Å². The van der Waals surface area contributed by atoms with Crippen molar-refractivity contribution in [3.8, 4) is 0 Å². The van der Waals surface area contributed by atoms with E-state index in [0.717, 1.165) is 50.5 Å². The lowest BCUT2D eigenvalue weighted by molar-refractivity contribution is 0.0769. The fourth-order valence-electron chi connectivity index (χ4n) is 3.24. The first kappa shape index (κ1) is 12.7. The van der Waals surface area contributed by atoms with Gasteiger partial charge in [-0.3, -0.25) is 9.48 Å². The van der Waals surface area contributed by atoms with Crippen molar-refractivity contribution >= 4 is 5.91 Å². The molecule has 0 aliphatic carbocycles. The molecule has 0 spiro atoms. The van der Waals surface area contributed by atoms with Crippen molar-refractivity contribution in [2.45, 2.75) is 26.8 Å². The number of rotatable bonds is 3. The fraction of sp³-hybridized carbons (Fsp3) is 0.714. The Balaban J connectivity index is 1.78. The Hall–Kier alpha value is -1.36. The summed E-state index contributed by atoms with van der Waals surface area (Å²) in [6, 6.07) is 1.96. The van der Waals surface area contributed by atoms with Gasteiger partial charge in [0.15, 0.2) is 0 Å². The normalized spacial score (nSPS) is 25.9. The molecule has 5 heteroatoms. The Labute approximate surface area is 114 Å². The number of aryl methyl sites for hydroxylation is 2. The number of hydrogen-bond donors (Lipinski definition) is 1. The number of hydrogen-bond acceptors (Lipinski definition) is 3. The van der Waals surface area contributed by atoms with E-state index in [0.29, 0.717) is 11.8 Å². The molecule has 0 unspecified atom stereocenters. The van der Waals surface area contributed by atoms with Crippen molar-refractivity contribution in [3.63, 3.8) is 0 Å². The van der Waals surface area contributed by atoms with E-state index in [-0.39, 0.29) is 5.91 Å². The molecule has 1 amide bonds. The zero-order valence-electron chi connectivity index (χ0n) is 11.7. The molecule has 1 aromatic rings. The second kappa shape index (κ2) is 4.96. The van der Waals surface area contributed by atoms with Crippen molar-refractivity contribution < 1.29 is 4.79 Å². The highest BCUT2D eigenvalue weighted by atomic mass is 16.2. The molecule has 0 bridgehead atoms. The second-order valence-corrected chi connectivity index (χ2v) is 5.58. The summed E-state index contributed by atoms with van der Waals surface area (Å²) in [5.74, 6) is 1.45. The highest BCUT2D eigenvalue weighted by Gasteiger charge is 2.38. The summed E-state index contributed by atoms with van der Waals surface area (Å²) in [6.45, 7) is 8.76. The average molecular weight is 262 g/mol. The van der Waals surface area contributed by atoms with Gasteiger partial charge < -0.3 is 10.2 Å². The minimum Gasteiger partial charge on any atom is -0.337 e. The summed E-state index contributed by atoms with van der Waals surface area (Å²) in [7, 11) is 0. The molecule has 3 heterocycles. The molecule has 2 fully saturated rings. The van der Waals surface area contributed by atoms with E-state index in [1.807, 2.05) is 22.6 Å². The quantitative estimate of drug-likeness (QED) is 0.875. The van der Waals surface area contributed by atoms with Crippen LogP contribution in [0.1, 0.15) is 30.0 Å². The molecule has 2 aliphatic rings. The number of carbonyl (C=O) groups is 1. The number of aromatic nitrogens is 2. The fourth-order valence-corrected chi connectivity index (χ4v) is 3.24. The third-order valence-corrected chi connectivity index (χ3v) is 4.39. The molecule has 5 nitrogen and oxygen atoms in total. The van der Waals surface area contributed by atoms with Crippen molar-refractivity contribution in [2.24, 2.45) is 11.8 Å². The highest BCUT2D eigenvalue weighted by Crippen LogP contribution is 2.27. The van der Waals surface area contributed by atoms with Crippen molar-refractivity contribution in [3.05, 3.63) is 17.5 Å². The SMILES string of the molecule is CCc1cc(C(=O)N2C[C@H]3CNC[C@H]3C2)n(CC)n1. The van der Waals surface area contributed by atoms with Crippen LogP contribution in [0.25, 0.3) is 0 Å². The smallest absolute Gasteiger partial charge is 0.272 e. The molecule has 3 rings (SSSR count). The second-order valence-electron chi connectivity index (χ2n) is 5.58. The molecule has 1 N–H and O–H groups in total. The zero-order valence-corrected chi connectivity index (χ0v) is 11.7. The lowest BCUT2D eigenvalue weighted by atomic mass is 10.0. The van der Waals surface area contributed by atoms with Gasteiger partial charge in [0.1, 0.15) is 5.69 Å². The van der Waals surface area contributed by atoms with Gasteiger partial charge >= 0.3 is 0 Å². The van der Waals surface area contributed by atoms with E-state index in [1.165, 1.54) is 0 Å². The summed E-state index contributed by atoms with van der Waals surface area (Å²) >= 11 is 0. The van der Waals surface area contributed by atoms with E-state index in [9.17, 15) is 4.79 Å². The Kier molecular flexibility index (Phi) is 3.31. The number of amides is 1. The maximum absolute atomic E-state index is 12.6. The van der Waals surface area contributed by atoms with Crippen LogP contribution in [0.2, 0.25) is 0 Å². The third kappa shape index (κ3) is 2.16. The van der Waals surface area contributed by atoms with E-state index in [1.54, 1.807) is 0 Å². The summed E-state index contributed by atoms with van der Waals surface area (Å²) in [5, 5.41) is 7.87. The van der Waals surface area contributed by atoms with E-state index < -0.39 is 0 Å². The molecule has 2 saturated heterocycles. The summed E-state index contributed by atoms with van der Waals surface area (Å²) in [6.07, 6.45) is 0.877. The molecular formula is C14H22N4O. The van der Waals surface area contributed by atoms with Crippen molar-refractivity contribution in [2.75, 3.05) is 26.2 Å². The number of nitrogens with zero attached hydrogens (tertiary/aromatic N) is 3. The first-order valence-corrected chi connectivity index (χ1v) is 7.29. The lowest BCUT2D eigenvalue weighted by Crippen LogP contribution is -2.33. The van der Waals surface area contributed by atoms with Crippen LogP contribution in [-0.2, 0) is 13.0 Å². The Morgan fingerprint density at radius 2 is 2.05 bits per heavy atom. The highest BCUT2D eigenvalue weighted by molar-refractivity contribution is 5.93. The van der Waals surface area contributed by atoms with Crippen LogP contribution in [0.5, 0.6) is 0 Å². The summed E-state index contributed by atoms with van der Waals surface area (Å²) in [5.41, 5.74) is 1.76. The van der Waals surface area contributed by atoms with Crippen LogP contribution < -0.4 is 5.32 Å². The molecule has 2 aliphatic heterocycles. The lowest BCUT2D eigenvalue weighted by Gasteiger charge is -2.17. The predicted molar refractivity (Wildman–Crippen MR) is 73.0 cm³/mol. The third-order valence-electron chi connectivity index (χ3n) is 4.39. The molecule has 0 aromatic carbocycles. The summed E-state index contributed by atoms with van der Waals surface area (Å²) < 4.78 is 1.84. The van der Waals surface area contributed by atoms with Gasteiger partial charge in [-0.15, -0.1) is 0 Å². The maximum atomic E-state index is 12.6. The van der Waals surface area contributed by atoms with Crippen molar-refractivity contribution in [1.29, 1.82) is 0 Å². The zero-order chi connectivity index (χ0) is 13.4. The average Bonchev–Trinajstić information content (AvgIpc) is 3.10. The largest absolute Gasteiger partial charge is 0.337 e. The van der Waals surface area contributed by atoms with Gasteiger partial charge in [-0.1, -0.05) is 6.92 Å². The summed E-state index contributed by atoms with van der Waals surface area (Å²) in [4.78, 5) is 14.6. The number of likely N-dealkylation sites (tertiary alicyclic amines) is 1. The van der Waals surface area contributed by atoms with Gasteiger partial charge in [-0.25, -0.2) is 0 Å². The van der Waals surface area contributed by atoms with Gasteiger partial charge in [0.05, 0.1) is 5.69 Å². The van der Waals surface area contributed by atoms with Crippen LogP contribution in [0.15, 0.2) is 6.07 Å². The van der Waals surface area contributed by atoms with E-state index >= 15 is 0 Å². The Morgan fingerprint density at radius 3 is 2.63 bits per heavy atom. The molecule has 104 valence electrons. The van der Waals surface area contributed by atoms with Gasteiger partial charge in [-0.05, 0) is 31.2 Å². The Morgan fingerprint density at radius 1 is 1.37 bits per heavy atom. The molecule has 2 atom stereocenters. The molecule has 0 radical (unpaired) electrons. The maximum Gasteiger partial charge on any atom is 0.272 e. The number of carbonyl (C=O) groups excluding carboxylic acids is 1.